The summed E-state index contributed by atoms with van der Waals surface area (Å²) in [6, 6.07) is -0.821. The molecule has 5 heteroatoms. The number of imide groups is 1. The van der Waals surface area contributed by atoms with E-state index in [9.17, 15) is 14.4 Å². The van der Waals surface area contributed by atoms with Crippen molar-refractivity contribution in [3.05, 3.63) is 0 Å². The van der Waals surface area contributed by atoms with Crippen LogP contribution < -0.4 is 5.32 Å². The fourth-order valence-corrected chi connectivity index (χ4v) is 1.61. The highest BCUT2D eigenvalue weighted by Crippen LogP contribution is 2.16. The Labute approximate surface area is 82.4 Å². The number of hydrogen-bond acceptors (Lipinski definition) is 3. The molecule has 0 aromatic heterocycles. The Morgan fingerprint density at radius 3 is 2.64 bits per heavy atom. The first-order valence-corrected chi connectivity index (χ1v) is 4.63. The first kappa shape index (κ1) is 10.7. The number of amides is 3. The van der Waals surface area contributed by atoms with Gasteiger partial charge in [0.05, 0.1) is 0 Å². The summed E-state index contributed by atoms with van der Waals surface area (Å²) in [7, 11) is 0. The Kier molecular flexibility index (Phi) is 3.22. The molecule has 0 bridgehead atoms. The van der Waals surface area contributed by atoms with Gasteiger partial charge >= 0.3 is 6.03 Å². The first-order chi connectivity index (χ1) is 6.57. The van der Waals surface area contributed by atoms with Gasteiger partial charge < -0.3 is 9.69 Å². The van der Waals surface area contributed by atoms with Crippen LogP contribution in [0, 0.1) is 5.92 Å². The van der Waals surface area contributed by atoms with Gasteiger partial charge in [-0.3, -0.25) is 10.1 Å². The summed E-state index contributed by atoms with van der Waals surface area (Å²) >= 11 is 0. The molecule has 5 nitrogen and oxygen atoms in total. The molecule has 1 N–H and O–H groups in total. The number of carbonyl (C=O) groups is 3. The predicted octanol–water partition coefficient (Wildman–Crippen LogP) is 0.152. The highest BCUT2D eigenvalue weighted by Gasteiger charge is 2.39. The topological polar surface area (TPSA) is 66.5 Å². The van der Waals surface area contributed by atoms with Crippen LogP contribution in [0.5, 0.6) is 0 Å². The molecule has 78 valence electrons. The molecule has 0 radical (unpaired) electrons. The average molecular weight is 198 g/mol. The maximum atomic E-state index is 11.3. The molecule has 1 rings (SSSR count). The van der Waals surface area contributed by atoms with Crippen molar-refractivity contribution in [1.82, 2.24) is 10.2 Å². The van der Waals surface area contributed by atoms with E-state index in [2.05, 4.69) is 5.32 Å². The summed E-state index contributed by atoms with van der Waals surface area (Å²) in [6.07, 6.45) is 1.01. The monoisotopic (exact) mass is 198 g/mol. The Bertz CT molecular complexity index is 263. The summed E-state index contributed by atoms with van der Waals surface area (Å²) < 4.78 is 0. The molecule has 1 heterocycles. The quantitative estimate of drug-likeness (QED) is 0.516. The zero-order chi connectivity index (χ0) is 10.7. The first-order valence-electron chi connectivity index (χ1n) is 4.63. The van der Waals surface area contributed by atoms with Crippen molar-refractivity contribution in [3.63, 3.8) is 0 Å². The molecular weight excluding hydrogens is 184 g/mol. The smallest absolute Gasteiger partial charge is 0.312 e. The van der Waals surface area contributed by atoms with Crippen LogP contribution in [0.25, 0.3) is 0 Å². The van der Waals surface area contributed by atoms with E-state index in [4.69, 9.17) is 0 Å². The third-order valence-corrected chi connectivity index (χ3v) is 2.21. The standard InChI is InChI=1S/C9H14N2O3/c1-6(2)7-8(13)10-9(14)11(7)4-3-5-12/h5-7H,3-4H2,1-2H3,(H,10,13,14). The maximum Gasteiger partial charge on any atom is 0.324 e. The molecule has 1 aliphatic rings. The zero-order valence-corrected chi connectivity index (χ0v) is 8.32. The van der Waals surface area contributed by atoms with Crippen LogP contribution in [0.15, 0.2) is 0 Å². The molecule has 1 saturated heterocycles. The van der Waals surface area contributed by atoms with Gasteiger partial charge in [-0.25, -0.2) is 4.79 Å². The normalized spacial score (nSPS) is 21.6. The number of aldehydes is 1. The summed E-state index contributed by atoms with van der Waals surface area (Å²) in [5.74, 6) is -0.205. The second kappa shape index (κ2) is 4.21. The van der Waals surface area contributed by atoms with Crippen LogP contribution >= 0.6 is 0 Å². The molecule has 1 unspecified atom stereocenters. The zero-order valence-electron chi connectivity index (χ0n) is 8.32. The lowest BCUT2D eigenvalue weighted by atomic mass is 10.0. The van der Waals surface area contributed by atoms with Gasteiger partial charge in [0.2, 0.25) is 0 Å². The van der Waals surface area contributed by atoms with Gasteiger partial charge in [0.1, 0.15) is 12.3 Å². The molecule has 0 spiro atoms. The maximum absolute atomic E-state index is 11.3. The number of carbonyl (C=O) groups excluding carboxylic acids is 3. The molecule has 1 fully saturated rings. The minimum Gasteiger partial charge on any atom is -0.312 e. The fraction of sp³-hybridized carbons (Fsp3) is 0.667. The van der Waals surface area contributed by atoms with Gasteiger partial charge in [-0.2, -0.15) is 0 Å². The van der Waals surface area contributed by atoms with Crippen LogP contribution in [0.2, 0.25) is 0 Å². The Morgan fingerprint density at radius 2 is 2.14 bits per heavy atom. The number of nitrogens with zero attached hydrogens (tertiary/aromatic N) is 1. The van der Waals surface area contributed by atoms with Gasteiger partial charge in [-0.05, 0) is 5.92 Å². The SMILES string of the molecule is CC(C)C1C(=O)NC(=O)N1CCC=O. The molecule has 0 aliphatic carbocycles. The second-order valence-electron chi connectivity index (χ2n) is 3.63. The summed E-state index contributed by atoms with van der Waals surface area (Å²) in [4.78, 5) is 34.2. The minimum absolute atomic E-state index is 0.0631. The van der Waals surface area contributed by atoms with Crippen molar-refractivity contribution in [2.75, 3.05) is 6.54 Å². The van der Waals surface area contributed by atoms with Crippen molar-refractivity contribution in [2.45, 2.75) is 26.3 Å². The van der Waals surface area contributed by atoms with Crippen molar-refractivity contribution in [3.8, 4) is 0 Å². The van der Waals surface area contributed by atoms with E-state index in [0.29, 0.717) is 6.54 Å². The van der Waals surface area contributed by atoms with E-state index in [1.165, 1.54) is 4.90 Å². The lowest BCUT2D eigenvalue weighted by Crippen LogP contribution is -2.39. The van der Waals surface area contributed by atoms with Crippen LogP contribution in [-0.2, 0) is 9.59 Å². The van der Waals surface area contributed by atoms with E-state index in [-0.39, 0.29) is 18.2 Å². The lowest BCUT2D eigenvalue weighted by molar-refractivity contribution is -0.122. The molecule has 3 amide bonds. The number of urea groups is 1. The molecule has 0 aromatic rings. The van der Waals surface area contributed by atoms with Crippen LogP contribution in [0.1, 0.15) is 20.3 Å². The highest BCUT2D eigenvalue weighted by atomic mass is 16.2. The van der Waals surface area contributed by atoms with E-state index in [0.717, 1.165) is 6.29 Å². The Hall–Kier alpha value is -1.39. The van der Waals surface area contributed by atoms with Crippen molar-refractivity contribution in [1.29, 1.82) is 0 Å². The van der Waals surface area contributed by atoms with Gasteiger partial charge in [-0.1, -0.05) is 13.8 Å². The predicted molar refractivity (Wildman–Crippen MR) is 49.6 cm³/mol. The van der Waals surface area contributed by atoms with Gasteiger partial charge in [0, 0.05) is 13.0 Å². The van der Waals surface area contributed by atoms with E-state index in [1.807, 2.05) is 13.8 Å². The Morgan fingerprint density at radius 1 is 1.50 bits per heavy atom. The summed E-state index contributed by atoms with van der Waals surface area (Å²) in [5.41, 5.74) is 0. The lowest BCUT2D eigenvalue weighted by Gasteiger charge is -2.23. The highest BCUT2D eigenvalue weighted by molar-refractivity contribution is 6.04. The molecule has 0 aromatic carbocycles. The number of rotatable bonds is 4. The van der Waals surface area contributed by atoms with Gasteiger partial charge in [0.25, 0.3) is 5.91 Å². The van der Waals surface area contributed by atoms with E-state index in [1.54, 1.807) is 0 Å². The molecule has 0 saturated carbocycles. The third kappa shape index (κ3) is 1.92. The van der Waals surface area contributed by atoms with Crippen LogP contribution in [0.3, 0.4) is 0 Å². The van der Waals surface area contributed by atoms with E-state index < -0.39 is 12.1 Å². The molecular formula is C9H14N2O3. The third-order valence-electron chi connectivity index (χ3n) is 2.21. The van der Waals surface area contributed by atoms with Crippen LogP contribution in [0.4, 0.5) is 4.79 Å². The second-order valence-corrected chi connectivity index (χ2v) is 3.63. The average Bonchev–Trinajstić information content (AvgIpc) is 2.37. The number of nitrogens with one attached hydrogen (secondary N) is 1. The van der Waals surface area contributed by atoms with Crippen molar-refractivity contribution in [2.24, 2.45) is 5.92 Å². The van der Waals surface area contributed by atoms with Gasteiger partial charge in [-0.15, -0.1) is 0 Å². The molecule has 1 atom stereocenters. The number of hydrogen-bond donors (Lipinski definition) is 1. The van der Waals surface area contributed by atoms with Gasteiger partial charge in [0.15, 0.2) is 0 Å². The van der Waals surface area contributed by atoms with E-state index >= 15 is 0 Å². The Balaban J connectivity index is 2.72. The largest absolute Gasteiger partial charge is 0.324 e. The fourth-order valence-electron chi connectivity index (χ4n) is 1.61. The summed E-state index contributed by atoms with van der Waals surface area (Å²) in [5, 5.41) is 2.24. The summed E-state index contributed by atoms with van der Waals surface area (Å²) in [6.45, 7) is 4.05. The molecule has 14 heavy (non-hydrogen) atoms. The van der Waals surface area contributed by atoms with Crippen molar-refractivity contribution >= 4 is 18.2 Å². The van der Waals surface area contributed by atoms with Crippen LogP contribution in [-0.4, -0.2) is 35.7 Å². The minimum atomic E-state index is -0.428. The molecule has 1 aliphatic heterocycles. The van der Waals surface area contributed by atoms with Crippen molar-refractivity contribution < 1.29 is 14.4 Å².